The van der Waals surface area contributed by atoms with Crippen molar-refractivity contribution < 1.29 is 48.0 Å². The molecule has 0 spiro atoms. The normalized spacial score (nSPS) is 22.9. The lowest BCUT2D eigenvalue weighted by Crippen LogP contribution is -2.68. The summed E-state index contributed by atoms with van der Waals surface area (Å²) in [4.78, 5) is 53.2. The summed E-state index contributed by atoms with van der Waals surface area (Å²) in [7, 11) is 1.10. The molecule has 49 heavy (non-hydrogen) atoms. The predicted octanol–water partition coefficient (Wildman–Crippen LogP) is 4.74. The maximum atomic E-state index is 13.3. The van der Waals surface area contributed by atoms with Crippen LogP contribution in [-0.2, 0) is 38.1 Å². The van der Waals surface area contributed by atoms with Crippen LogP contribution in [0.25, 0.3) is 21.6 Å². The van der Waals surface area contributed by atoms with Crippen LogP contribution in [0.2, 0.25) is 0 Å². The fourth-order valence-electron chi connectivity index (χ4n) is 5.89. The number of methoxy groups -OCH3 is 1. The molecule has 266 valence electrons. The average Bonchev–Trinajstić information content (AvgIpc) is 3.10. The first-order valence-electron chi connectivity index (χ1n) is 16.4. The lowest BCUT2D eigenvalue weighted by molar-refractivity contribution is -0.333. The maximum absolute atomic E-state index is 13.3. The molecule has 2 unspecified atom stereocenters. The minimum absolute atomic E-state index is 0.0695. The summed E-state index contributed by atoms with van der Waals surface area (Å²) < 4.78 is 27.7. The highest BCUT2D eigenvalue weighted by atomic mass is 16.7. The van der Waals surface area contributed by atoms with Gasteiger partial charge in [-0.3, -0.25) is 14.4 Å². The second-order valence-corrected chi connectivity index (χ2v) is 11.9. The number of aliphatic hydroxyl groups excluding tert-OH is 1. The van der Waals surface area contributed by atoms with Gasteiger partial charge < -0.3 is 34.1 Å². The Morgan fingerprint density at radius 1 is 1.06 bits per heavy atom. The Morgan fingerprint density at radius 2 is 1.73 bits per heavy atom. The Bertz CT molecular complexity index is 1450. The molecule has 0 bridgehead atoms. The number of amides is 1. The Kier molecular flexibility index (Phi) is 15.0. The maximum Gasteiger partial charge on any atom is 0.369 e. The standard InChI is InChI=1S/C35H46N4O10/c1-6-46-29(41)15-11-8-12-20-47-35(34(44)45-5)32(42)30(38-39-36)23(3)31(49-35)22(2)28(48-24(4)40)21-37-33(43)27-18-16-26(17-19-27)25-13-9-7-10-14-25/h7,9-10,13-14,16-19,22-23,28,30-32,42H,6,8,11-12,15,20-21H2,1-5H3,(H,37,43)/t22-,23-,28-,30+,31?,32?,35-/m1/s1. The Balaban J connectivity index is 1.79. The van der Waals surface area contributed by atoms with Crippen LogP contribution in [0.5, 0.6) is 0 Å². The van der Waals surface area contributed by atoms with Gasteiger partial charge in [0.2, 0.25) is 0 Å². The van der Waals surface area contributed by atoms with Crippen molar-refractivity contribution in [1.82, 2.24) is 5.32 Å². The molecule has 2 N–H and O–H groups in total. The average molecular weight is 683 g/mol. The van der Waals surface area contributed by atoms with E-state index in [-0.39, 0.29) is 32.1 Å². The molecule has 0 radical (unpaired) electrons. The van der Waals surface area contributed by atoms with Gasteiger partial charge in [0.25, 0.3) is 11.7 Å². The molecule has 1 aliphatic heterocycles. The highest BCUT2D eigenvalue weighted by Crippen LogP contribution is 2.41. The highest BCUT2D eigenvalue weighted by molar-refractivity contribution is 5.94. The van der Waals surface area contributed by atoms with Gasteiger partial charge in [-0.05, 0) is 54.5 Å². The van der Waals surface area contributed by atoms with Gasteiger partial charge in [0.1, 0.15) is 12.2 Å². The molecular formula is C35H46N4O10. The lowest BCUT2D eigenvalue weighted by atomic mass is 9.78. The number of hydrogen-bond donors (Lipinski definition) is 2. The first-order chi connectivity index (χ1) is 23.5. The first kappa shape index (κ1) is 39.0. The van der Waals surface area contributed by atoms with Crippen LogP contribution in [0, 0.1) is 11.8 Å². The summed E-state index contributed by atoms with van der Waals surface area (Å²) >= 11 is 0. The van der Waals surface area contributed by atoms with Crippen molar-refractivity contribution in [3.05, 3.63) is 70.6 Å². The molecule has 0 aromatic heterocycles. The van der Waals surface area contributed by atoms with E-state index in [1.165, 1.54) is 6.92 Å². The van der Waals surface area contributed by atoms with Gasteiger partial charge in [-0.2, -0.15) is 0 Å². The molecule has 3 rings (SSSR count). The number of nitrogens with one attached hydrogen (secondary N) is 1. The van der Waals surface area contributed by atoms with E-state index >= 15 is 0 Å². The number of ether oxygens (including phenoxy) is 5. The second-order valence-electron chi connectivity index (χ2n) is 11.9. The molecule has 14 nitrogen and oxygen atoms in total. The minimum Gasteiger partial charge on any atom is -0.466 e. The van der Waals surface area contributed by atoms with Crippen molar-refractivity contribution in [2.75, 3.05) is 26.9 Å². The largest absolute Gasteiger partial charge is 0.466 e. The van der Waals surface area contributed by atoms with Gasteiger partial charge in [0.05, 0.1) is 39.0 Å². The van der Waals surface area contributed by atoms with Gasteiger partial charge in [-0.25, -0.2) is 4.79 Å². The zero-order valence-corrected chi connectivity index (χ0v) is 28.6. The summed E-state index contributed by atoms with van der Waals surface area (Å²) in [6.07, 6.45) is -2.03. The molecule has 2 aromatic rings. The number of azide groups is 1. The molecule has 14 heteroatoms. The monoisotopic (exact) mass is 682 g/mol. The molecule has 1 fully saturated rings. The zero-order valence-electron chi connectivity index (χ0n) is 28.6. The number of nitrogens with zero attached hydrogens (tertiary/aromatic N) is 3. The summed E-state index contributed by atoms with van der Waals surface area (Å²) in [6, 6.07) is 15.6. The predicted molar refractivity (Wildman–Crippen MR) is 178 cm³/mol. The third-order valence-electron chi connectivity index (χ3n) is 8.52. The zero-order chi connectivity index (χ0) is 36.0. The molecule has 0 saturated carbocycles. The van der Waals surface area contributed by atoms with E-state index in [0.717, 1.165) is 18.2 Å². The van der Waals surface area contributed by atoms with Gasteiger partial charge in [-0.15, -0.1) is 0 Å². The van der Waals surface area contributed by atoms with Crippen LogP contribution in [0.3, 0.4) is 0 Å². The van der Waals surface area contributed by atoms with E-state index in [4.69, 9.17) is 23.7 Å². The minimum atomic E-state index is -2.38. The summed E-state index contributed by atoms with van der Waals surface area (Å²) in [5.74, 6) is -6.20. The van der Waals surface area contributed by atoms with E-state index in [1.807, 2.05) is 42.5 Å². The van der Waals surface area contributed by atoms with Crippen molar-refractivity contribution in [2.45, 2.75) is 83.5 Å². The van der Waals surface area contributed by atoms with E-state index < -0.39 is 59.8 Å². The lowest BCUT2D eigenvalue weighted by Gasteiger charge is -2.49. The van der Waals surface area contributed by atoms with E-state index in [9.17, 15) is 29.8 Å². The number of carbonyl (C=O) groups excluding carboxylic acids is 4. The van der Waals surface area contributed by atoms with Crippen molar-refractivity contribution in [3.63, 3.8) is 0 Å². The number of esters is 3. The number of benzene rings is 2. The van der Waals surface area contributed by atoms with E-state index in [0.29, 0.717) is 24.8 Å². The van der Waals surface area contributed by atoms with Crippen LogP contribution >= 0.6 is 0 Å². The van der Waals surface area contributed by atoms with Crippen LogP contribution in [0.4, 0.5) is 0 Å². The van der Waals surface area contributed by atoms with Gasteiger partial charge in [-0.1, -0.05) is 67.8 Å². The summed E-state index contributed by atoms with van der Waals surface area (Å²) in [5, 5.41) is 18.0. The molecule has 1 heterocycles. The van der Waals surface area contributed by atoms with Crippen molar-refractivity contribution in [2.24, 2.45) is 17.0 Å². The van der Waals surface area contributed by atoms with Gasteiger partial charge in [0.15, 0.2) is 0 Å². The van der Waals surface area contributed by atoms with Gasteiger partial charge >= 0.3 is 17.9 Å². The number of rotatable bonds is 17. The fraction of sp³-hybridized carbons (Fsp3) is 0.543. The first-order valence-corrected chi connectivity index (χ1v) is 16.4. The van der Waals surface area contributed by atoms with Crippen LogP contribution < -0.4 is 5.32 Å². The van der Waals surface area contributed by atoms with E-state index in [2.05, 4.69) is 15.3 Å². The van der Waals surface area contributed by atoms with Crippen molar-refractivity contribution in [1.29, 1.82) is 0 Å². The topological polar surface area (TPSA) is 195 Å². The summed E-state index contributed by atoms with van der Waals surface area (Å²) in [5.41, 5.74) is 11.7. The molecule has 2 aromatic carbocycles. The number of aliphatic hydroxyl groups is 1. The molecule has 1 aliphatic rings. The second kappa shape index (κ2) is 18.9. The fourth-order valence-corrected chi connectivity index (χ4v) is 5.89. The molecule has 0 aliphatic carbocycles. The van der Waals surface area contributed by atoms with Crippen LogP contribution in [-0.4, -0.2) is 85.9 Å². The third kappa shape index (κ3) is 10.3. The SMILES string of the molecule is CCOC(=O)CCCCCO[C@@]1(C(=O)OC)OC([C@H](C)[C@@H](CNC(=O)c2ccc(-c3ccccc3)cc2)OC(C)=O)[C@H](C)[C@H](N=[N+]=[N-])C1O. The van der Waals surface area contributed by atoms with Crippen molar-refractivity contribution >= 4 is 23.8 Å². The Hall–Kier alpha value is -4.49. The summed E-state index contributed by atoms with van der Waals surface area (Å²) in [6.45, 7) is 6.41. The van der Waals surface area contributed by atoms with Gasteiger partial charge in [0, 0.05) is 29.7 Å². The quantitative estimate of drug-likeness (QED) is 0.0588. The number of carbonyl (C=O) groups is 4. The Labute approximate surface area is 286 Å². The molecule has 1 amide bonds. The van der Waals surface area contributed by atoms with E-state index in [1.54, 1.807) is 32.9 Å². The Morgan fingerprint density at radius 3 is 2.35 bits per heavy atom. The van der Waals surface area contributed by atoms with Crippen LogP contribution in [0.15, 0.2) is 59.7 Å². The third-order valence-corrected chi connectivity index (χ3v) is 8.52. The van der Waals surface area contributed by atoms with Crippen molar-refractivity contribution in [3.8, 4) is 11.1 Å². The number of unbranched alkanes of at least 4 members (excludes halogenated alkanes) is 2. The highest BCUT2D eigenvalue weighted by Gasteiger charge is 2.60. The number of hydrogen-bond acceptors (Lipinski definition) is 11. The molecule has 1 saturated heterocycles. The molecular weight excluding hydrogens is 636 g/mol. The van der Waals surface area contributed by atoms with Crippen LogP contribution in [0.1, 0.15) is 63.7 Å². The smallest absolute Gasteiger partial charge is 0.369 e. The molecule has 7 atom stereocenters.